The lowest BCUT2D eigenvalue weighted by Gasteiger charge is -2.65. The molecular weight excluding hydrogens is 545 g/mol. The molecule has 2 saturated heterocycles. The fraction of sp³-hybridized carbons (Fsp3) is 0.735. The summed E-state index contributed by atoms with van der Waals surface area (Å²) in [7, 11) is 0. The van der Waals surface area contributed by atoms with Crippen LogP contribution in [0, 0.1) is 28.5 Å². The van der Waals surface area contributed by atoms with Crippen molar-refractivity contribution in [2.24, 2.45) is 22.7 Å². The zero-order valence-corrected chi connectivity index (χ0v) is 26.4. The van der Waals surface area contributed by atoms with Gasteiger partial charge in [0, 0.05) is 64.7 Å². The van der Waals surface area contributed by atoms with E-state index in [0.29, 0.717) is 42.2 Å². The van der Waals surface area contributed by atoms with Crippen LogP contribution in [-0.2, 0) is 16.1 Å². The number of anilines is 1. The summed E-state index contributed by atoms with van der Waals surface area (Å²) in [5.74, 6) is 0.923. The van der Waals surface area contributed by atoms with Gasteiger partial charge in [-0.15, -0.1) is 0 Å². The van der Waals surface area contributed by atoms with E-state index in [4.69, 9.17) is 0 Å². The molecule has 4 bridgehead atoms. The average molecular weight is 596 g/mol. The average Bonchev–Trinajstić information content (AvgIpc) is 3.14. The van der Waals surface area contributed by atoms with Gasteiger partial charge in [0.15, 0.2) is 0 Å². The molecule has 4 saturated carbocycles. The highest BCUT2D eigenvalue weighted by molar-refractivity contribution is 5.90. The predicted octanol–water partition coefficient (Wildman–Crippen LogP) is 5.38. The molecule has 1 aromatic rings. The Labute approximate surface area is 256 Å². The van der Waals surface area contributed by atoms with Crippen LogP contribution in [-0.4, -0.2) is 77.4 Å². The van der Waals surface area contributed by atoms with Crippen LogP contribution in [0.2, 0.25) is 0 Å². The summed E-state index contributed by atoms with van der Waals surface area (Å²) in [6, 6.07) is 4.80. The number of urea groups is 1. The number of halogens is 1. The van der Waals surface area contributed by atoms with Crippen LogP contribution in [0.5, 0.6) is 0 Å². The van der Waals surface area contributed by atoms with E-state index in [1.807, 2.05) is 15.9 Å². The third-order valence-electron chi connectivity index (χ3n) is 11.2. The molecule has 2 N–H and O–H groups in total. The van der Waals surface area contributed by atoms with Crippen LogP contribution in [0.1, 0.15) is 90.5 Å². The molecule has 4 amide bonds. The van der Waals surface area contributed by atoms with Crippen LogP contribution >= 0.6 is 0 Å². The molecule has 2 unspecified atom stereocenters. The summed E-state index contributed by atoms with van der Waals surface area (Å²) in [6.45, 7) is 11.5. The van der Waals surface area contributed by atoms with Gasteiger partial charge >= 0.3 is 6.03 Å². The van der Waals surface area contributed by atoms with Crippen LogP contribution in [0.3, 0.4) is 0 Å². The second-order valence-corrected chi connectivity index (χ2v) is 15.5. The molecule has 7 rings (SSSR count). The van der Waals surface area contributed by atoms with Crippen molar-refractivity contribution in [2.45, 2.75) is 97.1 Å². The van der Waals surface area contributed by atoms with Crippen LogP contribution in [0.15, 0.2) is 18.2 Å². The molecule has 9 heteroatoms. The molecule has 236 valence electrons. The van der Waals surface area contributed by atoms with Gasteiger partial charge in [-0.05, 0) is 98.1 Å². The predicted molar refractivity (Wildman–Crippen MR) is 165 cm³/mol. The monoisotopic (exact) mass is 595 g/mol. The number of rotatable bonds is 6. The lowest BCUT2D eigenvalue weighted by Crippen LogP contribution is -2.65. The summed E-state index contributed by atoms with van der Waals surface area (Å²) in [4.78, 5) is 43.9. The normalized spacial score (nSPS) is 32.9. The summed E-state index contributed by atoms with van der Waals surface area (Å²) < 4.78 is 15.2. The number of nitrogens with zero attached hydrogens (tertiary/aromatic N) is 3. The first-order chi connectivity index (χ1) is 20.4. The zero-order valence-electron chi connectivity index (χ0n) is 26.4. The Bertz CT molecular complexity index is 1230. The molecular formula is C34H50FN5O3. The Kier molecular flexibility index (Phi) is 8.24. The molecule has 43 heavy (non-hydrogen) atoms. The number of carbonyl (C=O) groups is 3. The fourth-order valence-electron chi connectivity index (χ4n) is 10.2. The summed E-state index contributed by atoms with van der Waals surface area (Å²) >= 11 is 0. The number of hydrogen-bond acceptors (Lipinski definition) is 4. The highest BCUT2D eigenvalue weighted by atomic mass is 19.1. The molecule has 6 aliphatic rings. The number of hydrogen-bond donors (Lipinski definition) is 2. The third kappa shape index (κ3) is 6.86. The summed E-state index contributed by atoms with van der Waals surface area (Å²) in [6.07, 6.45) is 10.1. The molecule has 4 atom stereocenters. The van der Waals surface area contributed by atoms with E-state index in [1.54, 1.807) is 13.0 Å². The van der Waals surface area contributed by atoms with E-state index < -0.39 is 5.82 Å². The van der Waals surface area contributed by atoms with E-state index >= 15 is 4.39 Å². The molecule has 0 aromatic heterocycles. The standard InChI is InChI=1S/C34H50FN5O3/c1-24(41)39-11-7-25(8-12-39)16-30(42)40-10-4-9-38(13-14-40)20-26-5-6-29(28(35)15-26)36-31(43)37-34-19-27-17-32(2,22-34)21-33(3,18-27)23-34/h5-6,15,25,27H,4,7-14,16-23H2,1-3H3,(H2,36,37,43)/t27?,32-,33+,34?. The van der Waals surface area contributed by atoms with Gasteiger partial charge in [0.05, 0.1) is 5.69 Å². The van der Waals surface area contributed by atoms with Crippen molar-refractivity contribution in [1.29, 1.82) is 0 Å². The highest BCUT2D eigenvalue weighted by Gasteiger charge is 2.60. The van der Waals surface area contributed by atoms with E-state index in [1.165, 1.54) is 25.3 Å². The van der Waals surface area contributed by atoms with Crippen molar-refractivity contribution in [3.63, 3.8) is 0 Å². The first-order valence-corrected chi connectivity index (χ1v) is 16.5. The van der Waals surface area contributed by atoms with Crippen molar-refractivity contribution in [3.8, 4) is 0 Å². The Morgan fingerprint density at radius 3 is 2.28 bits per heavy atom. The lowest BCUT2D eigenvalue weighted by molar-refractivity contribution is -0.133. The zero-order chi connectivity index (χ0) is 30.4. The number of piperidine rings is 1. The second kappa shape index (κ2) is 11.7. The Hall–Kier alpha value is -2.68. The number of benzene rings is 1. The molecule has 4 aliphatic carbocycles. The number of carbonyl (C=O) groups excluding carboxylic acids is 3. The lowest BCUT2D eigenvalue weighted by atomic mass is 9.43. The highest BCUT2D eigenvalue weighted by Crippen LogP contribution is 2.66. The first kappa shape index (κ1) is 30.4. The van der Waals surface area contributed by atoms with Gasteiger partial charge in [-0.1, -0.05) is 19.9 Å². The second-order valence-electron chi connectivity index (χ2n) is 15.5. The van der Waals surface area contributed by atoms with Gasteiger partial charge in [-0.2, -0.15) is 0 Å². The molecule has 0 radical (unpaired) electrons. The number of likely N-dealkylation sites (tertiary alicyclic amines) is 1. The van der Waals surface area contributed by atoms with Gasteiger partial charge in [-0.3, -0.25) is 14.5 Å². The van der Waals surface area contributed by atoms with Crippen molar-refractivity contribution >= 4 is 23.5 Å². The minimum Gasteiger partial charge on any atom is -0.343 e. The van der Waals surface area contributed by atoms with Crippen molar-refractivity contribution < 1.29 is 18.8 Å². The van der Waals surface area contributed by atoms with Gasteiger partial charge in [0.25, 0.3) is 0 Å². The topological polar surface area (TPSA) is 85.0 Å². The van der Waals surface area contributed by atoms with Gasteiger partial charge in [0.2, 0.25) is 11.8 Å². The van der Waals surface area contributed by atoms with Crippen molar-refractivity contribution in [3.05, 3.63) is 29.6 Å². The number of amides is 4. The van der Waals surface area contributed by atoms with Gasteiger partial charge in [-0.25, -0.2) is 9.18 Å². The van der Waals surface area contributed by atoms with Gasteiger partial charge in [0.1, 0.15) is 5.82 Å². The Morgan fingerprint density at radius 2 is 1.63 bits per heavy atom. The van der Waals surface area contributed by atoms with Crippen LogP contribution in [0.25, 0.3) is 0 Å². The van der Waals surface area contributed by atoms with Crippen LogP contribution in [0.4, 0.5) is 14.9 Å². The largest absolute Gasteiger partial charge is 0.343 e. The van der Waals surface area contributed by atoms with Gasteiger partial charge < -0.3 is 20.4 Å². The maximum absolute atomic E-state index is 15.2. The molecule has 1 aromatic carbocycles. The maximum Gasteiger partial charge on any atom is 0.319 e. The Morgan fingerprint density at radius 1 is 0.907 bits per heavy atom. The summed E-state index contributed by atoms with van der Waals surface area (Å²) in [5, 5.41) is 6.12. The van der Waals surface area contributed by atoms with E-state index in [2.05, 4.69) is 29.4 Å². The number of nitrogens with one attached hydrogen (secondary N) is 2. The fourth-order valence-corrected chi connectivity index (χ4v) is 10.2. The minimum absolute atomic E-state index is 0.116. The van der Waals surface area contributed by atoms with E-state index in [9.17, 15) is 14.4 Å². The van der Waals surface area contributed by atoms with E-state index in [0.717, 1.165) is 76.8 Å². The SMILES string of the molecule is CC(=O)N1CCC(CC(=O)N2CCCN(Cc3ccc(NC(=O)NC45CC6C[C@@](C)(C4)C[C@](C)(C6)C5)c(F)c3)CC2)CC1. The molecule has 6 fully saturated rings. The molecule has 0 spiro atoms. The Balaban J connectivity index is 0.979. The third-order valence-corrected chi connectivity index (χ3v) is 11.2. The maximum atomic E-state index is 15.2. The van der Waals surface area contributed by atoms with Crippen molar-refractivity contribution in [1.82, 2.24) is 20.0 Å². The van der Waals surface area contributed by atoms with E-state index in [-0.39, 0.29) is 29.1 Å². The minimum atomic E-state index is -0.417. The molecule has 8 nitrogen and oxygen atoms in total. The van der Waals surface area contributed by atoms with Crippen molar-refractivity contribution in [2.75, 3.05) is 44.6 Å². The summed E-state index contributed by atoms with van der Waals surface area (Å²) in [5.41, 5.74) is 1.48. The smallest absolute Gasteiger partial charge is 0.319 e. The quantitative estimate of drug-likeness (QED) is 0.463. The van der Waals surface area contributed by atoms with Crippen LogP contribution < -0.4 is 10.6 Å². The molecule has 2 aliphatic heterocycles. The first-order valence-electron chi connectivity index (χ1n) is 16.5. The molecule has 2 heterocycles.